The van der Waals surface area contributed by atoms with Gasteiger partial charge in [-0.15, -0.1) is 0 Å². The topological polar surface area (TPSA) is 69.6 Å². The van der Waals surface area contributed by atoms with Gasteiger partial charge in [-0.3, -0.25) is 4.79 Å². The SMILES string of the molecule is CC1CCC(C)N(C(=O)NCCCC(=O)O)C1. The molecule has 1 saturated heterocycles. The fraction of sp³-hybridized carbons (Fsp3) is 0.833. The van der Waals surface area contributed by atoms with Crippen LogP contribution in [0.2, 0.25) is 0 Å². The summed E-state index contributed by atoms with van der Waals surface area (Å²) in [7, 11) is 0. The molecule has 1 aliphatic heterocycles. The van der Waals surface area contributed by atoms with Crippen molar-refractivity contribution >= 4 is 12.0 Å². The number of rotatable bonds is 4. The van der Waals surface area contributed by atoms with Crippen molar-refractivity contribution in [2.75, 3.05) is 13.1 Å². The molecule has 0 bridgehead atoms. The fourth-order valence-electron chi connectivity index (χ4n) is 2.11. The number of hydrogen-bond donors (Lipinski definition) is 2. The Labute approximate surface area is 102 Å². The molecule has 5 heteroatoms. The molecule has 2 atom stereocenters. The van der Waals surface area contributed by atoms with E-state index in [4.69, 9.17) is 5.11 Å². The predicted molar refractivity (Wildman–Crippen MR) is 64.8 cm³/mol. The summed E-state index contributed by atoms with van der Waals surface area (Å²) in [6, 6.07) is 0.222. The lowest BCUT2D eigenvalue weighted by Gasteiger charge is -2.36. The zero-order valence-corrected chi connectivity index (χ0v) is 10.6. The van der Waals surface area contributed by atoms with Crippen LogP contribution in [0.4, 0.5) is 4.79 Å². The third-order valence-electron chi connectivity index (χ3n) is 3.22. The van der Waals surface area contributed by atoms with Crippen LogP contribution in [0.15, 0.2) is 0 Å². The molecule has 2 N–H and O–H groups in total. The monoisotopic (exact) mass is 242 g/mol. The highest BCUT2D eigenvalue weighted by Gasteiger charge is 2.26. The predicted octanol–water partition coefficient (Wildman–Crippen LogP) is 1.68. The zero-order chi connectivity index (χ0) is 12.8. The molecular weight excluding hydrogens is 220 g/mol. The minimum absolute atomic E-state index is 0.0607. The van der Waals surface area contributed by atoms with Crippen LogP contribution in [0.5, 0.6) is 0 Å². The van der Waals surface area contributed by atoms with Gasteiger partial charge in [0.2, 0.25) is 0 Å². The van der Waals surface area contributed by atoms with E-state index >= 15 is 0 Å². The van der Waals surface area contributed by atoms with Gasteiger partial charge in [0, 0.05) is 25.6 Å². The number of urea groups is 1. The van der Waals surface area contributed by atoms with Crippen LogP contribution in [0.3, 0.4) is 0 Å². The van der Waals surface area contributed by atoms with E-state index in [9.17, 15) is 9.59 Å². The number of piperidine rings is 1. The van der Waals surface area contributed by atoms with Gasteiger partial charge in [0.25, 0.3) is 0 Å². The summed E-state index contributed by atoms with van der Waals surface area (Å²) in [5.74, 6) is -0.268. The van der Waals surface area contributed by atoms with E-state index in [1.54, 1.807) is 0 Å². The second kappa shape index (κ2) is 6.47. The number of hydrogen-bond acceptors (Lipinski definition) is 2. The van der Waals surface area contributed by atoms with Gasteiger partial charge in [0.05, 0.1) is 0 Å². The van der Waals surface area contributed by atoms with Crippen molar-refractivity contribution in [2.45, 2.75) is 45.6 Å². The molecule has 98 valence electrons. The normalized spacial score (nSPS) is 24.5. The van der Waals surface area contributed by atoms with Crippen molar-refractivity contribution in [3.05, 3.63) is 0 Å². The Hall–Kier alpha value is -1.26. The third kappa shape index (κ3) is 4.63. The Morgan fingerprint density at radius 2 is 2.06 bits per heavy atom. The van der Waals surface area contributed by atoms with E-state index in [0.29, 0.717) is 18.9 Å². The molecule has 0 aliphatic carbocycles. The first-order chi connectivity index (χ1) is 8.00. The summed E-state index contributed by atoms with van der Waals surface area (Å²) < 4.78 is 0. The van der Waals surface area contributed by atoms with Gasteiger partial charge in [-0.1, -0.05) is 6.92 Å². The molecule has 1 fully saturated rings. The van der Waals surface area contributed by atoms with Crippen LogP contribution >= 0.6 is 0 Å². The van der Waals surface area contributed by atoms with Crippen LogP contribution in [0, 0.1) is 5.92 Å². The quantitative estimate of drug-likeness (QED) is 0.737. The first-order valence-corrected chi connectivity index (χ1v) is 6.27. The van der Waals surface area contributed by atoms with E-state index in [1.165, 1.54) is 6.42 Å². The molecule has 2 unspecified atom stereocenters. The standard InChI is InChI=1S/C12H22N2O3/c1-9-5-6-10(2)14(8-9)12(17)13-7-3-4-11(15)16/h9-10H,3-8H2,1-2H3,(H,13,17)(H,15,16). The van der Waals surface area contributed by atoms with Crippen molar-refractivity contribution in [3.8, 4) is 0 Å². The lowest BCUT2D eigenvalue weighted by atomic mass is 9.95. The fourth-order valence-corrected chi connectivity index (χ4v) is 2.11. The molecule has 1 aliphatic rings. The summed E-state index contributed by atoms with van der Waals surface area (Å²) in [4.78, 5) is 24.0. The first kappa shape index (κ1) is 13.8. The van der Waals surface area contributed by atoms with Gasteiger partial charge >= 0.3 is 12.0 Å². The lowest BCUT2D eigenvalue weighted by Crippen LogP contribution is -2.49. The van der Waals surface area contributed by atoms with Gasteiger partial charge < -0.3 is 15.3 Å². The Kier molecular flexibility index (Phi) is 5.25. The van der Waals surface area contributed by atoms with E-state index < -0.39 is 5.97 Å². The summed E-state index contributed by atoms with van der Waals surface area (Å²) in [5.41, 5.74) is 0. The Morgan fingerprint density at radius 1 is 1.35 bits per heavy atom. The first-order valence-electron chi connectivity index (χ1n) is 6.27. The molecule has 2 amide bonds. The van der Waals surface area contributed by atoms with E-state index in [1.807, 2.05) is 4.90 Å². The lowest BCUT2D eigenvalue weighted by molar-refractivity contribution is -0.137. The number of likely N-dealkylation sites (tertiary alicyclic amines) is 1. The smallest absolute Gasteiger partial charge is 0.317 e. The molecule has 0 saturated carbocycles. The van der Waals surface area contributed by atoms with E-state index in [-0.39, 0.29) is 18.5 Å². The minimum atomic E-state index is -0.820. The van der Waals surface area contributed by atoms with Crippen molar-refractivity contribution in [2.24, 2.45) is 5.92 Å². The van der Waals surface area contributed by atoms with Gasteiger partial charge in [0.15, 0.2) is 0 Å². The number of carbonyl (C=O) groups excluding carboxylic acids is 1. The maximum absolute atomic E-state index is 11.9. The molecule has 0 spiro atoms. The molecule has 5 nitrogen and oxygen atoms in total. The Balaban J connectivity index is 2.28. The van der Waals surface area contributed by atoms with Crippen molar-refractivity contribution in [1.82, 2.24) is 10.2 Å². The maximum Gasteiger partial charge on any atom is 0.317 e. The highest BCUT2D eigenvalue weighted by molar-refractivity contribution is 5.74. The Bertz CT molecular complexity index is 281. The van der Waals surface area contributed by atoms with Gasteiger partial charge in [-0.25, -0.2) is 4.79 Å². The van der Waals surface area contributed by atoms with Crippen LogP contribution in [-0.4, -0.2) is 41.1 Å². The zero-order valence-electron chi connectivity index (χ0n) is 10.6. The number of carbonyl (C=O) groups is 2. The van der Waals surface area contributed by atoms with E-state index in [0.717, 1.165) is 13.0 Å². The van der Waals surface area contributed by atoms with Gasteiger partial charge in [0.1, 0.15) is 0 Å². The van der Waals surface area contributed by atoms with Crippen LogP contribution in [-0.2, 0) is 4.79 Å². The number of carboxylic acids is 1. The van der Waals surface area contributed by atoms with E-state index in [2.05, 4.69) is 19.2 Å². The summed E-state index contributed by atoms with van der Waals surface area (Å²) in [5, 5.41) is 11.3. The number of nitrogens with one attached hydrogen (secondary N) is 1. The molecule has 1 heterocycles. The van der Waals surface area contributed by atoms with Crippen LogP contribution < -0.4 is 5.32 Å². The highest BCUT2D eigenvalue weighted by atomic mass is 16.4. The van der Waals surface area contributed by atoms with Crippen molar-refractivity contribution in [3.63, 3.8) is 0 Å². The van der Waals surface area contributed by atoms with Gasteiger partial charge in [-0.05, 0) is 32.1 Å². The second-order valence-corrected chi connectivity index (χ2v) is 4.91. The number of amides is 2. The van der Waals surface area contributed by atoms with Crippen LogP contribution in [0.1, 0.15) is 39.5 Å². The van der Waals surface area contributed by atoms with Crippen molar-refractivity contribution < 1.29 is 14.7 Å². The number of aliphatic carboxylic acids is 1. The average Bonchev–Trinajstić information content (AvgIpc) is 2.27. The molecule has 0 radical (unpaired) electrons. The summed E-state index contributed by atoms with van der Waals surface area (Å²) >= 11 is 0. The molecule has 0 aromatic carbocycles. The molecule has 0 aromatic heterocycles. The maximum atomic E-state index is 11.9. The molecular formula is C12H22N2O3. The average molecular weight is 242 g/mol. The highest BCUT2D eigenvalue weighted by Crippen LogP contribution is 2.21. The number of nitrogens with zero attached hydrogens (tertiary/aromatic N) is 1. The Morgan fingerprint density at radius 3 is 2.71 bits per heavy atom. The molecule has 17 heavy (non-hydrogen) atoms. The largest absolute Gasteiger partial charge is 0.481 e. The van der Waals surface area contributed by atoms with Gasteiger partial charge in [-0.2, -0.15) is 0 Å². The molecule has 1 rings (SSSR count). The minimum Gasteiger partial charge on any atom is -0.481 e. The second-order valence-electron chi connectivity index (χ2n) is 4.91. The summed E-state index contributed by atoms with van der Waals surface area (Å²) in [6.45, 7) is 5.44. The molecule has 0 aromatic rings. The third-order valence-corrected chi connectivity index (χ3v) is 3.22. The van der Waals surface area contributed by atoms with Crippen molar-refractivity contribution in [1.29, 1.82) is 0 Å². The van der Waals surface area contributed by atoms with Crippen LogP contribution in [0.25, 0.3) is 0 Å². The number of carboxylic acid groups (broad SMARTS) is 1. The summed E-state index contributed by atoms with van der Waals surface area (Å²) in [6.07, 6.45) is 2.80.